The molecule has 7 nitrogen and oxygen atoms in total. The summed E-state index contributed by atoms with van der Waals surface area (Å²) in [5, 5.41) is 11.0. The van der Waals surface area contributed by atoms with Gasteiger partial charge in [0.2, 0.25) is 11.8 Å². The van der Waals surface area contributed by atoms with Gasteiger partial charge in [-0.1, -0.05) is 42.5 Å². The number of hydrogen-bond donors (Lipinski definition) is 1. The van der Waals surface area contributed by atoms with Gasteiger partial charge in [0, 0.05) is 44.6 Å². The SMILES string of the molecule is COC(CN(CC1CCC(F)(F)CC1)C(=O)CCOCCc1ccc(O)c(C2(c3ccccc3)CCN(C)CC2)c1)OC. The molecule has 0 unspecified atom stereocenters. The number of benzene rings is 2. The molecule has 0 atom stereocenters. The molecule has 1 amide bonds. The topological polar surface area (TPSA) is 71.5 Å². The van der Waals surface area contributed by atoms with Gasteiger partial charge < -0.3 is 29.1 Å². The third kappa shape index (κ3) is 8.97. The summed E-state index contributed by atoms with van der Waals surface area (Å²) in [6.45, 7) is 3.26. The van der Waals surface area contributed by atoms with E-state index in [1.54, 1.807) is 11.0 Å². The Hall–Kier alpha value is -2.59. The van der Waals surface area contributed by atoms with Crippen molar-refractivity contribution in [3.8, 4) is 5.75 Å². The molecular weight excluding hydrogens is 554 g/mol. The van der Waals surface area contributed by atoms with Crippen molar-refractivity contribution in [3.63, 3.8) is 0 Å². The number of phenolic OH excluding ortho intramolecular Hbond substituents is 1. The second-order valence-electron chi connectivity index (χ2n) is 12.2. The van der Waals surface area contributed by atoms with E-state index in [4.69, 9.17) is 14.2 Å². The highest BCUT2D eigenvalue weighted by molar-refractivity contribution is 5.76. The van der Waals surface area contributed by atoms with E-state index >= 15 is 0 Å². The van der Waals surface area contributed by atoms with Crippen LogP contribution in [0.4, 0.5) is 8.78 Å². The first-order chi connectivity index (χ1) is 20.7. The van der Waals surface area contributed by atoms with Crippen molar-refractivity contribution >= 4 is 5.91 Å². The molecule has 2 aromatic rings. The standard InChI is InChI=1S/C34H48F2N2O5/c1-37-19-17-33(18-20-37,28-7-5-4-6-8-28)29-23-26(9-10-30(29)39)13-21-43-22-14-31(40)38(25-32(41-2)42-3)24-27-11-15-34(35,36)16-12-27/h4-10,23,27,32,39H,11-22,24-25H2,1-3H3. The zero-order chi connectivity index (χ0) is 30.9. The molecule has 238 valence electrons. The number of likely N-dealkylation sites (tertiary alicyclic amines) is 1. The van der Waals surface area contributed by atoms with E-state index in [2.05, 4.69) is 42.3 Å². The van der Waals surface area contributed by atoms with Crippen LogP contribution in [-0.2, 0) is 30.8 Å². The van der Waals surface area contributed by atoms with Crippen molar-refractivity contribution in [1.82, 2.24) is 9.80 Å². The highest BCUT2D eigenvalue weighted by atomic mass is 19.3. The molecule has 43 heavy (non-hydrogen) atoms. The third-order valence-corrected chi connectivity index (χ3v) is 9.30. The molecule has 2 fully saturated rings. The summed E-state index contributed by atoms with van der Waals surface area (Å²) >= 11 is 0. The predicted octanol–water partition coefficient (Wildman–Crippen LogP) is 5.63. The number of piperidine rings is 1. The fourth-order valence-corrected chi connectivity index (χ4v) is 6.50. The van der Waals surface area contributed by atoms with Crippen LogP contribution < -0.4 is 0 Å². The van der Waals surface area contributed by atoms with Crippen LogP contribution in [0.3, 0.4) is 0 Å². The zero-order valence-electron chi connectivity index (χ0n) is 25.9. The van der Waals surface area contributed by atoms with Crippen LogP contribution >= 0.6 is 0 Å². The molecule has 1 saturated heterocycles. The number of hydrogen-bond acceptors (Lipinski definition) is 6. The smallest absolute Gasteiger partial charge is 0.248 e. The second-order valence-corrected chi connectivity index (χ2v) is 12.2. The molecular formula is C34H48F2N2O5. The lowest BCUT2D eigenvalue weighted by atomic mass is 9.67. The third-order valence-electron chi connectivity index (χ3n) is 9.30. The van der Waals surface area contributed by atoms with E-state index in [1.807, 2.05) is 12.1 Å². The highest BCUT2D eigenvalue weighted by Gasteiger charge is 2.39. The largest absolute Gasteiger partial charge is 0.508 e. The van der Waals surface area contributed by atoms with E-state index < -0.39 is 12.2 Å². The van der Waals surface area contributed by atoms with Crippen molar-refractivity contribution in [1.29, 1.82) is 0 Å². The normalized spacial score (nSPS) is 19.0. The molecule has 0 aromatic heterocycles. The van der Waals surface area contributed by atoms with E-state index in [1.165, 1.54) is 19.8 Å². The predicted molar refractivity (Wildman–Crippen MR) is 162 cm³/mol. The van der Waals surface area contributed by atoms with E-state index in [0.29, 0.717) is 38.2 Å². The molecule has 1 aliphatic carbocycles. The molecule has 1 N–H and O–H groups in total. The number of ether oxygens (including phenoxy) is 3. The summed E-state index contributed by atoms with van der Waals surface area (Å²) in [7, 11) is 5.17. The monoisotopic (exact) mass is 602 g/mol. The first-order valence-electron chi connectivity index (χ1n) is 15.5. The number of alkyl halides is 2. The number of carbonyl (C=O) groups is 1. The number of halogens is 2. The molecule has 0 radical (unpaired) electrons. The van der Waals surface area contributed by atoms with E-state index in [9.17, 15) is 18.7 Å². The lowest BCUT2D eigenvalue weighted by Crippen LogP contribution is -2.43. The number of carbonyl (C=O) groups excluding carboxylic acids is 1. The number of rotatable bonds is 14. The molecule has 1 aliphatic heterocycles. The van der Waals surface area contributed by atoms with Gasteiger partial charge >= 0.3 is 0 Å². The van der Waals surface area contributed by atoms with Crippen LogP contribution in [0.15, 0.2) is 48.5 Å². The second kappa shape index (κ2) is 15.4. The van der Waals surface area contributed by atoms with Crippen LogP contribution in [0.5, 0.6) is 5.75 Å². The molecule has 0 bridgehead atoms. The Labute approximate surface area is 255 Å². The van der Waals surface area contributed by atoms with Gasteiger partial charge in [-0.25, -0.2) is 8.78 Å². The van der Waals surface area contributed by atoms with Crippen LogP contribution in [0, 0.1) is 5.92 Å². The Bertz CT molecular complexity index is 1140. The lowest BCUT2D eigenvalue weighted by molar-refractivity contribution is -0.148. The molecule has 1 heterocycles. The summed E-state index contributed by atoms with van der Waals surface area (Å²) in [6, 6.07) is 16.3. The Morgan fingerprint density at radius 2 is 1.70 bits per heavy atom. The van der Waals surface area contributed by atoms with Gasteiger partial charge in [0.25, 0.3) is 0 Å². The van der Waals surface area contributed by atoms with Gasteiger partial charge in [-0.15, -0.1) is 0 Å². The van der Waals surface area contributed by atoms with Crippen LogP contribution in [0.25, 0.3) is 0 Å². The summed E-state index contributed by atoms with van der Waals surface area (Å²) < 4.78 is 43.8. The first kappa shape index (κ1) is 33.3. The van der Waals surface area contributed by atoms with Crippen molar-refractivity contribution in [2.45, 2.75) is 69.0 Å². The summed E-state index contributed by atoms with van der Waals surface area (Å²) in [5.74, 6) is -2.36. The highest BCUT2D eigenvalue weighted by Crippen LogP contribution is 2.45. The Morgan fingerprint density at radius 3 is 2.35 bits per heavy atom. The van der Waals surface area contributed by atoms with Crippen molar-refractivity contribution in [2.24, 2.45) is 5.92 Å². The van der Waals surface area contributed by atoms with Gasteiger partial charge in [-0.3, -0.25) is 4.79 Å². The fourth-order valence-electron chi connectivity index (χ4n) is 6.50. The number of amides is 1. The van der Waals surface area contributed by atoms with Crippen molar-refractivity contribution in [2.75, 3.05) is 60.7 Å². The average molecular weight is 603 g/mol. The van der Waals surface area contributed by atoms with Crippen LogP contribution in [0.1, 0.15) is 61.6 Å². The van der Waals surface area contributed by atoms with Crippen LogP contribution in [0.2, 0.25) is 0 Å². The van der Waals surface area contributed by atoms with Crippen LogP contribution in [-0.4, -0.2) is 93.7 Å². The van der Waals surface area contributed by atoms with Gasteiger partial charge in [0.05, 0.1) is 26.2 Å². The zero-order valence-corrected chi connectivity index (χ0v) is 25.9. The number of nitrogens with zero attached hydrogens (tertiary/aromatic N) is 2. The maximum atomic E-state index is 13.7. The Morgan fingerprint density at radius 1 is 1.02 bits per heavy atom. The average Bonchev–Trinajstić information content (AvgIpc) is 3.01. The maximum Gasteiger partial charge on any atom is 0.248 e. The number of methoxy groups -OCH3 is 2. The molecule has 4 rings (SSSR count). The van der Waals surface area contributed by atoms with Gasteiger partial charge in [0.15, 0.2) is 6.29 Å². The van der Waals surface area contributed by atoms with Crippen molar-refractivity contribution < 1.29 is 32.9 Å². The Kier molecular flexibility index (Phi) is 11.9. The molecule has 9 heteroatoms. The van der Waals surface area contributed by atoms with E-state index in [0.717, 1.165) is 37.1 Å². The minimum absolute atomic E-state index is 0.0336. The van der Waals surface area contributed by atoms with E-state index in [-0.39, 0.29) is 49.7 Å². The molecule has 0 spiro atoms. The lowest BCUT2D eigenvalue weighted by Gasteiger charge is -2.42. The van der Waals surface area contributed by atoms with Gasteiger partial charge in [-0.05, 0) is 75.4 Å². The number of aromatic hydroxyl groups is 1. The summed E-state index contributed by atoms with van der Waals surface area (Å²) in [5.41, 5.74) is 3.01. The maximum absolute atomic E-state index is 13.7. The summed E-state index contributed by atoms with van der Waals surface area (Å²) in [6.07, 6.45) is 2.64. The quantitative estimate of drug-likeness (QED) is 0.223. The minimum atomic E-state index is -2.60. The number of phenols is 1. The molecule has 2 aliphatic rings. The summed E-state index contributed by atoms with van der Waals surface area (Å²) in [4.78, 5) is 17.2. The minimum Gasteiger partial charge on any atom is -0.508 e. The fraction of sp³-hybridized carbons (Fsp3) is 0.618. The van der Waals surface area contributed by atoms with Crippen molar-refractivity contribution in [3.05, 3.63) is 65.2 Å². The first-order valence-corrected chi connectivity index (χ1v) is 15.5. The molecule has 1 saturated carbocycles. The molecule has 2 aromatic carbocycles. The van der Waals surface area contributed by atoms with Gasteiger partial charge in [-0.2, -0.15) is 0 Å². The Balaban J connectivity index is 1.33. The van der Waals surface area contributed by atoms with Gasteiger partial charge in [0.1, 0.15) is 5.75 Å².